The minimum atomic E-state index is 0.204. The van der Waals surface area contributed by atoms with Gasteiger partial charge in [0.25, 0.3) is 0 Å². The Balaban J connectivity index is 2.41. The number of thioether (sulfide) groups is 1. The Labute approximate surface area is 101 Å². The van der Waals surface area contributed by atoms with Gasteiger partial charge in [0, 0.05) is 31.3 Å². The van der Waals surface area contributed by atoms with Crippen LogP contribution in [0.15, 0.2) is 17.6 Å². The van der Waals surface area contributed by atoms with Crippen LogP contribution in [0.25, 0.3) is 0 Å². The molecule has 0 aliphatic heterocycles. The van der Waals surface area contributed by atoms with E-state index in [2.05, 4.69) is 16.9 Å². The Morgan fingerprint density at radius 2 is 2.12 bits per heavy atom. The maximum atomic E-state index is 5.86. The lowest BCUT2D eigenvalue weighted by atomic mass is 10.1. The largest absolute Gasteiger partial charge is 0.384 e. The second kappa shape index (κ2) is 7.60. The van der Waals surface area contributed by atoms with Gasteiger partial charge in [0.1, 0.15) is 0 Å². The first-order valence-corrected chi connectivity index (χ1v) is 6.43. The van der Waals surface area contributed by atoms with E-state index in [-0.39, 0.29) is 6.04 Å². The van der Waals surface area contributed by atoms with E-state index in [1.165, 1.54) is 0 Å². The van der Waals surface area contributed by atoms with E-state index in [1.54, 1.807) is 18.9 Å². The minimum absolute atomic E-state index is 0.204. The summed E-state index contributed by atoms with van der Waals surface area (Å²) >= 11 is 1.60. The second-order valence-electron chi connectivity index (χ2n) is 3.59. The number of hydrogen-bond donors (Lipinski definition) is 1. The van der Waals surface area contributed by atoms with E-state index in [1.807, 2.05) is 12.4 Å². The van der Waals surface area contributed by atoms with Crippen molar-refractivity contribution in [1.82, 2.24) is 9.97 Å². The fourth-order valence-electron chi connectivity index (χ4n) is 1.19. The Hall–Kier alpha value is -0.650. The van der Waals surface area contributed by atoms with Gasteiger partial charge in [-0.05, 0) is 18.4 Å². The van der Waals surface area contributed by atoms with Gasteiger partial charge in [0.2, 0.25) is 0 Å². The number of rotatable bonds is 7. The van der Waals surface area contributed by atoms with E-state index in [9.17, 15) is 0 Å². The standard InChI is InChI=1S/C11H19N3OS/c1-3-10(12)6-9-7-13-11(14-8-9)16-5-4-15-2/h7-8,10H,3-6,12H2,1-2H3. The highest BCUT2D eigenvalue weighted by Gasteiger charge is 2.03. The van der Waals surface area contributed by atoms with Crippen LogP contribution in [-0.4, -0.2) is 35.5 Å². The number of nitrogens with two attached hydrogens (primary N) is 1. The summed E-state index contributed by atoms with van der Waals surface area (Å²) in [6.07, 6.45) is 5.54. The Bertz CT molecular complexity index is 292. The van der Waals surface area contributed by atoms with E-state index >= 15 is 0 Å². The molecule has 2 N–H and O–H groups in total. The molecule has 4 nitrogen and oxygen atoms in total. The molecule has 1 aromatic rings. The lowest BCUT2D eigenvalue weighted by Gasteiger charge is -2.07. The van der Waals surface area contributed by atoms with Crippen molar-refractivity contribution in [3.05, 3.63) is 18.0 Å². The van der Waals surface area contributed by atoms with Crippen LogP contribution in [0, 0.1) is 0 Å². The molecular weight excluding hydrogens is 222 g/mol. The third-order valence-corrected chi connectivity index (χ3v) is 3.06. The van der Waals surface area contributed by atoms with Crippen LogP contribution in [0.4, 0.5) is 0 Å². The smallest absolute Gasteiger partial charge is 0.187 e. The van der Waals surface area contributed by atoms with Gasteiger partial charge >= 0.3 is 0 Å². The van der Waals surface area contributed by atoms with E-state index in [0.717, 1.165) is 35.9 Å². The van der Waals surface area contributed by atoms with Crippen LogP contribution in [-0.2, 0) is 11.2 Å². The third kappa shape index (κ3) is 4.92. The zero-order valence-corrected chi connectivity index (χ0v) is 10.7. The van der Waals surface area contributed by atoms with Crippen LogP contribution in [0.5, 0.6) is 0 Å². The van der Waals surface area contributed by atoms with Crippen molar-refractivity contribution in [3.8, 4) is 0 Å². The van der Waals surface area contributed by atoms with Gasteiger partial charge in [-0.3, -0.25) is 0 Å². The first-order chi connectivity index (χ1) is 7.76. The SMILES string of the molecule is CCC(N)Cc1cnc(SCCOC)nc1. The summed E-state index contributed by atoms with van der Waals surface area (Å²) in [6.45, 7) is 2.80. The summed E-state index contributed by atoms with van der Waals surface area (Å²) in [5.74, 6) is 0.879. The molecule has 16 heavy (non-hydrogen) atoms. The lowest BCUT2D eigenvalue weighted by Crippen LogP contribution is -2.21. The highest BCUT2D eigenvalue weighted by Crippen LogP contribution is 2.12. The third-order valence-electron chi connectivity index (χ3n) is 2.22. The molecule has 0 fully saturated rings. The van der Waals surface area contributed by atoms with Crippen LogP contribution in [0.2, 0.25) is 0 Å². The molecule has 1 unspecified atom stereocenters. The fraction of sp³-hybridized carbons (Fsp3) is 0.636. The molecular formula is C11H19N3OS. The molecule has 1 heterocycles. The second-order valence-corrected chi connectivity index (χ2v) is 4.65. The molecule has 0 radical (unpaired) electrons. The minimum Gasteiger partial charge on any atom is -0.384 e. The van der Waals surface area contributed by atoms with E-state index < -0.39 is 0 Å². The predicted molar refractivity (Wildman–Crippen MR) is 66.6 cm³/mol. The topological polar surface area (TPSA) is 61.0 Å². The number of nitrogens with zero attached hydrogens (tertiary/aromatic N) is 2. The van der Waals surface area contributed by atoms with Crippen molar-refractivity contribution in [1.29, 1.82) is 0 Å². The van der Waals surface area contributed by atoms with Crippen LogP contribution < -0.4 is 5.73 Å². The summed E-state index contributed by atoms with van der Waals surface area (Å²) in [4.78, 5) is 8.56. The molecule has 0 aromatic carbocycles. The van der Waals surface area contributed by atoms with Crippen molar-refractivity contribution in [2.24, 2.45) is 5.73 Å². The number of aromatic nitrogens is 2. The Morgan fingerprint density at radius 3 is 2.69 bits per heavy atom. The van der Waals surface area contributed by atoms with Gasteiger partial charge in [-0.25, -0.2) is 9.97 Å². The summed E-state index contributed by atoms with van der Waals surface area (Å²) in [6, 6.07) is 0.204. The molecule has 0 bridgehead atoms. The first kappa shape index (κ1) is 13.4. The van der Waals surface area contributed by atoms with Gasteiger partial charge in [0.15, 0.2) is 5.16 Å². The van der Waals surface area contributed by atoms with Gasteiger partial charge < -0.3 is 10.5 Å². The summed E-state index contributed by atoms with van der Waals surface area (Å²) < 4.78 is 4.96. The van der Waals surface area contributed by atoms with Crippen molar-refractivity contribution >= 4 is 11.8 Å². The van der Waals surface area contributed by atoms with E-state index in [4.69, 9.17) is 10.5 Å². The highest BCUT2D eigenvalue weighted by molar-refractivity contribution is 7.99. The molecule has 1 atom stereocenters. The predicted octanol–water partition coefficient (Wildman–Crippen LogP) is 1.49. The highest BCUT2D eigenvalue weighted by atomic mass is 32.2. The van der Waals surface area contributed by atoms with Crippen molar-refractivity contribution < 1.29 is 4.74 Å². The number of ether oxygens (including phenoxy) is 1. The molecule has 0 saturated carbocycles. The van der Waals surface area contributed by atoms with Crippen molar-refractivity contribution in [3.63, 3.8) is 0 Å². The monoisotopic (exact) mass is 241 g/mol. The van der Waals surface area contributed by atoms with E-state index in [0.29, 0.717) is 0 Å². The van der Waals surface area contributed by atoms with Crippen LogP contribution >= 0.6 is 11.8 Å². The maximum absolute atomic E-state index is 5.86. The quantitative estimate of drug-likeness (QED) is 0.445. The summed E-state index contributed by atoms with van der Waals surface area (Å²) in [7, 11) is 1.69. The average molecular weight is 241 g/mol. The lowest BCUT2D eigenvalue weighted by molar-refractivity contribution is 0.218. The van der Waals surface area contributed by atoms with Crippen LogP contribution in [0.3, 0.4) is 0 Å². The molecule has 0 spiro atoms. The summed E-state index contributed by atoms with van der Waals surface area (Å²) in [5.41, 5.74) is 6.97. The molecule has 0 amide bonds. The number of methoxy groups -OCH3 is 1. The normalized spacial score (nSPS) is 12.7. The van der Waals surface area contributed by atoms with Gasteiger partial charge in [-0.15, -0.1) is 0 Å². The molecule has 0 aliphatic rings. The zero-order valence-electron chi connectivity index (χ0n) is 9.85. The number of hydrogen-bond acceptors (Lipinski definition) is 5. The Kier molecular flexibility index (Phi) is 6.37. The van der Waals surface area contributed by atoms with Crippen LogP contribution in [0.1, 0.15) is 18.9 Å². The molecule has 0 saturated heterocycles. The van der Waals surface area contributed by atoms with Gasteiger partial charge in [-0.2, -0.15) is 0 Å². The molecule has 1 rings (SSSR count). The molecule has 5 heteroatoms. The van der Waals surface area contributed by atoms with Gasteiger partial charge in [0.05, 0.1) is 6.61 Å². The molecule has 1 aromatic heterocycles. The molecule has 90 valence electrons. The van der Waals surface area contributed by atoms with Crippen molar-refractivity contribution in [2.45, 2.75) is 31.0 Å². The average Bonchev–Trinajstić information content (AvgIpc) is 2.31. The maximum Gasteiger partial charge on any atom is 0.187 e. The summed E-state index contributed by atoms with van der Waals surface area (Å²) in [5, 5.41) is 0.797. The van der Waals surface area contributed by atoms with Gasteiger partial charge in [-0.1, -0.05) is 18.7 Å². The van der Waals surface area contributed by atoms with Crippen molar-refractivity contribution in [2.75, 3.05) is 19.5 Å². The zero-order chi connectivity index (χ0) is 11.8. The molecule has 0 aliphatic carbocycles. The first-order valence-electron chi connectivity index (χ1n) is 5.44. The fourth-order valence-corrected chi connectivity index (χ4v) is 1.87. The Morgan fingerprint density at radius 1 is 1.44 bits per heavy atom.